The third kappa shape index (κ3) is 4.58. The molecule has 0 atom stereocenters. The first-order chi connectivity index (χ1) is 8.29. The summed E-state index contributed by atoms with van der Waals surface area (Å²) in [6.07, 6.45) is -5.32. The van der Waals surface area contributed by atoms with Crippen molar-refractivity contribution in [2.45, 2.75) is 19.2 Å². The Morgan fingerprint density at radius 2 is 2.06 bits per heavy atom. The van der Waals surface area contributed by atoms with E-state index in [9.17, 15) is 23.3 Å². The number of rotatable bonds is 5. The van der Waals surface area contributed by atoms with Gasteiger partial charge in [-0.3, -0.25) is 10.1 Å². The summed E-state index contributed by atoms with van der Waals surface area (Å²) in [6.45, 7) is -0.612. The van der Waals surface area contributed by atoms with Crippen LogP contribution < -0.4 is 5.73 Å². The number of nitrogen functional groups attached to an aromatic ring is 1. The third-order valence-corrected chi connectivity index (χ3v) is 2.09. The lowest BCUT2D eigenvalue weighted by Gasteiger charge is -2.07. The summed E-state index contributed by atoms with van der Waals surface area (Å²) in [7, 11) is 0. The Balaban J connectivity index is 2.53. The molecule has 0 unspecified atom stereocenters. The molecule has 0 radical (unpaired) electrons. The number of anilines is 1. The van der Waals surface area contributed by atoms with Crippen LogP contribution in [0.25, 0.3) is 0 Å². The molecular weight excluding hydrogens is 253 g/mol. The molecule has 0 amide bonds. The van der Waals surface area contributed by atoms with Crippen molar-refractivity contribution in [1.29, 1.82) is 0 Å². The SMILES string of the molecule is Nc1ccc(COCCC(F)(F)F)cc1[N+](=O)[O-]. The van der Waals surface area contributed by atoms with Gasteiger partial charge in [0, 0.05) is 6.07 Å². The molecular formula is C10H11F3N2O3. The monoisotopic (exact) mass is 264 g/mol. The van der Waals surface area contributed by atoms with Crippen LogP contribution in [-0.4, -0.2) is 17.7 Å². The first kappa shape index (κ1) is 14.2. The highest BCUT2D eigenvalue weighted by Crippen LogP contribution is 2.23. The van der Waals surface area contributed by atoms with Crippen molar-refractivity contribution in [3.05, 3.63) is 33.9 Å². The van der Waals surface area contributed by atoms with Gasteiger partial charge in [0.15, 0.2) is 0 Å². The molecule has 0 aliphatic carbocycles. The Morgan fingerprint density at radius 1 is 1.39 bits per heavy atom. The van der Waals surface area contributed by atoms with Crippen LogP contribution in [0.2, 0.25) is 0 Å². The van der Waals surface area contributed by atoms with Gasteiger partial charge in [0.05, 0.1) is 24.6 Å². The Labute approximate surface area is 100 Å². The van der Waals surface area contributed by atoms with E-state index in [1.54, 1.807) is 0 Å². The minimum absolute atomic E-state index is 0.000887. The van der Waals surface area contributed by atoms with E-state index in [2.05, 4.69) is 0 Å². The van der Waals surface area contributed by atoms with Crippen molar-refractivity contribution < 1.29 is 22.8 Å². The minimum Gasteiger partial charge on any atom is -0.393 e. The van der Waals surface area contributed by atoms with Gasteiger partial charge in [-0.05, 0) is 11.6 Å². The number of nitro groups is 1. The molecule has 0 heterocycles. The normalized spacial score (nSPS) is 11.5. The minimum atomic E-state index is -4.27. The Kier molecular flexibility index (Phi) is 4.49. The lowest BCUT2D eigenvalue weighted by atomic mass is 10.2. The van der Waals surface area contributed by atoms with Gasteiger partial charge in [0.1, 0.15) is 5.69 Å². The number of nitrogens with two attached hydrogens (primary N) is 1. The van der Waals surface area contributed by atoms with Crippen molar-refractivity contribution in [2.24, 2.45) is 0 Å². The number of nitro benzene ring substituents is 1. The Hall–Kier alpha value is -1.83. The average molecular weight is 264 g/mol. The fourth-order valence-corrected chi connectivity index (χ4v) is 1.22. The smallest absolute Gasteiger partial charge is 0.391 e. The van der Waals surface area contributed by atoms with Gasteiger partial charge >= 0.3 is 6.18 Å². The fraction of sp³-hybridized carbons (Fsp3) is 0.400. The molecule has 18 heavy (non-hydrogen) atoms. The van der Waals surface area contributed by atoms with E-state index in [4.69, 9.17) is 10.5 Å². The van der Waals surface area contributed by atoms with Gasteiger partial charge in [0.2, 0.25) is 0 Å². The second-order valence-corrected chi connectivity index (χ2v) is 3.57. The highest BCUT2D eigenvalue weighted by atomic mass is 19.4. The van der Waals surface area contributed by atoms with Crippen LogP contribution in [0.1, 0.15) is 12.0 Å². The third-order valence-electron chi connectivity index (χ3n) is 2.09. The highest BCUT2D eigenvalue weighted by Gasteiger charge is 2.26. The number of benzene rings is 1. The van der Waals surface area contributed by atoms with E-state index in [1.807, 2.05) is 0 Å². The highest BCUT2D eigenvalue weighted by molar-refractivity contribution is 5.59. The van der Waals surface area contributed by atoms with Crippen LogP contribution in [-0.2, 0) is 11.3 Å². The van der Waals surface area contributed by atoms with E-state index in [-0.39, 0.29) is 18.0 Å². The summed E-state index contributed by atoms with van der Waals surface area (Å²) >= 11 is 0. The first-order valence-corrected chi connectivity index (χ1v) is 4.97. The van der Waals surface area contributed by atoms with Crippen molar-refractivity contribution in [1.82, 2.24) is 0 Å². The predicted molar refractivity (Wildman–Crippen MR) is 57.8 cm³/mol. The molecule has 0 aliphatic heterocycles. The average Bonchev–Trinajstić information content (AvgIpc) is 2.24. The molecule has 1 aromatic carbocycles. The Bertz CT molecular complexity index is 435. The molecule has 100 valence electrons. The molecule has 0 saturated carbocycles. The largest absolute Gasteiger partial charge is 0.393 e. The predicted octanol–water partition coefficient (Wildman–Crippen LogP) is 2.65. The summed E-state index contributed by atoms with van der Waals surface area (Å²) in [6, 6.07) is 3.97. The van der Waals surface area contributed by atoms with Crippen molar-refractivity contribution in [2.75, 3.05) is 12.3 Å². The summed E-state index contributed by atoms with van der Waals surface area (Å²) in [5.41, 5.74) is 5.49. The van der Waals surface area contributed by atoms with E-state index in [1.165, 1.54) is 18.2 Å². The zero-order valence-corrected chi connectivity index (χ0v) is 9.24. The maximum Gasteiger partial charge on any atom is 0.391 e. The quantitative estimate of drug-likeness (QED) is 0.384. The first-order valence-electron chi connectivity index (χ1n) is 4.97. The van der Waals surface area contributed by atoms with Gasteiger partial charge in [-0.15, -0.1) is 0 Å². The second-order valence-electron chi connectivity index (χ2n) is 3.57. The zero-order chi connectivity index (χ0) is 13.8. The number of ether oxygens (including phenoxy) is 1. The van der Waals surface area contributed by atoms with Crippen molar-refractivity contribution in [3.63, 3.8) is 0 Å². The van der Waals surface area contributed by atoms with Crippen LogP contribution in [0, 0.1) is 10.1 Å². The van der Waals surface area contributed by atoms with Crippen LogP contribution in [0.4, 0.5) is 24.5 Å². The number of halogens is 3. The standard InChI is InChI=1S/C10H11F3N2O3/c11-10(12,13)3-4-18-6-7-1-2-8(14)9(5-7)15(16)17/h1-2,5H,3-4,6,14H2. The second kappa shape index (κ2) is 5.67. The van der Waals surface area contributed by atoms with E-state index >= 15 is 0 Å². The summed E-state index contributed by atoms with van der Waals surface area (Å²) in [5, 5.41) is 10.6. The van der Waals surface area contributed by atoms with Gasteiger partial charge in [-0.1, -0.05) is 6.07 Å². The van der Waals surface area contributed by atoms with Crippen molar-refractivity contribution >= 4 is 11.4 Å². The molecule has 8 heteroatoms. The molecule has 0 saturated heterocycles. The molecule has 5 nitrogen and oxygen atoms in total. The van der Waals surface area contributed by atoms with E-state index in [0.717, 1.165) is 0 Å². The molecule has 0 spiro atoms. The topological polar surface area (TPSA) is 78.4 Å². The lowest BCUT2D eigenvalue weighted by molar-refractivity contribution is -0.384. The van der Waals surface area contributed by atoms with E-state index in [0.29, 0.717) is 5.56 Å². The summed E-state index contributed by atoms with van der Waals surface area (Å²) < 4.78 is 40.2. The van der Waals surface area contributed by atoms with Gasteiger partial charge in [0.25, 0.3) is 5.69 Å². The van der Waals surface area contributed by atoms with E-state index < -0.39 is 24.1 Å². The molecule has 1 rings (SSSR count). The zero-order valence-electron chi connectivity index (χ0n) is 9.24. The van der Waals surface area contributed by atoms with Crippen LogP contribution in [0.5, 0.6) is 0 Å². The fourth-order valence-electron chi connectivity index (χ4n) is 1.22. The van der Waals surface area contributed by atoms with Crippen LogP contribution >= 0.6 is 0 Å². The number of alkyl halides is 3. The van der Waals surface area contributed by atoms with Crippen LogP contribution in [0.15, 0.2) is 18.2 Å². The number of nitrogens with zero attached hydrogens (tertiary/aromatic N) is 1. The van der Waals surface area contributed by atoms with Crippen molar-refractivity contribution in [3.8, 4) is 0 Å². The molecule has 0 aliphatic rings. The lowest BCUT2D eigenvalue weighted by Crippen LogP contribution is -2.11. The Morgan fingerprint density at radius 3 is 2.61 bits per heavy atom. The molecule has 1 aromatic rings. The van der Waals surface area contributed by atoms with Gasteiger partial charge < -0.3 is 10.5 Å². The number of hydrogen-bond acceptors (Lipinski definition) is 4. The number of hydrogen-bond donors (Lipinski definition) is 1. The molecule has 0 bridgehead atoms. The maximum atomic E-state index is 11.8. The van der Waals surface area contributed by atoms with Crippen LogP contribution in [0.3, 0.4) is 0 Å². The molecule has 0 fully saturated rings. The van der Waals surface area contributed by atoms with Gasteiger partial charge in [-0.25, -0.2) is 0 Å². The summed E-state index contributed by atoms with van der Waals surface area (Å²) in [5.74, 6) is 0. The van der Waals surface area contributed by atoms with Gasteiger partial charge in [-0.2, -0.15) is 13.2 Å². The summed E-state index contributed by atoms with van der Waals surface area (Å²) in [4.78, 5) is 9.91. The molecule has 2 N–H and O–H groups in total. The maximum absolute atomic E-state index is 11.8. The molecule has 0 aromatic heterocycles.